The quantitative estimate of drug-likeness (QED) is 0.910. The predicted molar refractivity (Wildman–Crippen MR) is 77.7 cm³/mol. The van der Waals surface area contributed by atoms with E-state index in [-0.39, 0.29) is 11.5 Å². The second-order valence-electron chi connectivity index (χ2n) is 4.44. The first-order valence-electron chi connectivity index (χ1n) is 5.98. The first kappa shape index (κ1) is 14.2. The number of carbonyl (C=O) groups is 2. The van der Waals surface area contributed by atoms with E-state index >= 15 is 0 Å². The normalized spacial score (nSPS) is 10.3. The Kier molecular flexibility index (Phi) is 3.85. The second-order valence-corrected chi connectivity index (χ2v) is 5.64. The lowest BCUT2D eigenvalue weighted by atomic mass is 10.1. The van der Waals surface area contributed by atoms with Crippen LogP contribution < -0.4 is 5.32 Å². The number of aromatic nitrogens is 1. The highest BCUT2D eigenvalue weighted by Gasteiger charge is 2.15. The molecule has 0 spiro atoms. The largest absolute Gasteiger partial charge is 0.478 e. The van der Waals surface area contributed by atoms with Crippen LogP contribution in [0.25, 0.3) is 0 Å². The van der Waals surface area contributed by atoms with E-state index in [0.717, 1.165) is 5.01 Å². The van der Waals surface area contributed by atoms with Gasteiger partial charge in [0, 0.05) is 5.69 Å². The number of carboxylic acids is 1. The average molecular weight is 290 g/mol. The molecule has 1 heterocycles. The minimum Gasteiger partial charge on any atom is -0.478 e. The summed E-state index contributed by atoms with van der Waals surface area (Å²) in [5.41, 5.74) is 2.21. The van der Waals surface area contributed by atoms with Crippen LogP contribution in [0.1, 0.15) is 36.3 Å². The maximum Gasteiger partial charge on any atom is 0.335 e. The second kappa shape index (κ2) is 5.42. The first-order valence-corrected chi connectivity index (χ1v) is 6.79. The van der Waals surface area contributed by atoms with Crippen LogP contribution in [-0.4, -0.2) is 22.0 Å². The molecule has 1 aromatic heterocycles. The van der Waals surface area contributed by atoms with Gasteiger partial charge >= 0.3 is 5.97 Å². The molecular weight excluding hydrogens is 276 g/mol. The van der Waals surface area contributed by atoms with Gasteiger partial charge in [-0.25, -0.2) is 9.78 Å². The number of carboxylic acid groups (broad SMARTS) is 1. The molecule has 6 heteroatoms. The van der Waals surface area contributed by atoms with Gasteiger partial charge in [-0.3, -0.25) is 4.79 Å². The van der Waals surface area contributed by atoms with E-state index in [0.29, 0.717) is 21.8 Å². The van der Waals surface area contributed by atoms with E-state index in [1.54, 1.807) is 19.9 Å². The molecule has 1 aromatic carbocycles. The summed E-state index contributed by atoms with van der Waals surface area (Å²) >= 11 is 1.34. The zero-order valence-corrected chi connectivity index (χ0v) is 12.2. The topological polar surface area (TPSA) is 79.3 Å². The molecule has 2 aromatic rings. The maximum absolute atomic E-state index is 12.2. The van der Waals surface area contributed by atoms with E-state index in [2.05, 4.69) is 10.3 Å². The third-order valence-electron chi connectivity index (χ3n) is 2.83. The standard InChI is InChI=1S/C14H14N2O3S/c1-7-6-10(14(18)19)4-5-11(7)16-13(17)12-8(2)15-9(3)20-12/h4-6H,1-3H3,(H,16,17)(H,18,19). The van der Waals surface area contributed by atoms with Crippen molar-refractivity contribution in [2.45, 2.75) is 20.8 Å². The van der Waals surface area contributed by atoms with Crippen molar-refractivity contribution in [3.8, 4) is 0 Å². The lowest BCUT2D eigenvalue weighted by Gasteiger charge is -2.08. The number of anilines is 1. The highest BCUT2D eigenvalue weighted by atomic mass is 32.1. The van der Waals surface area contributed by atoms with Gasteiger partial charge in [0.05, 0.1) is 16.3 Å². The van der Waals surface area contributed by atoms with Gasteiger partial charge in [0.25, 0.3) is 5.91 Å². The van der Waals surface area contributed by atoms with E-state index in [1.807, 2.05) is 6.92 Å². The predicted octanol–water partition coefficient (Wildman–Crippen LogP) is 3.02. The summed E-state index contributed by atoms with van der Waals surface area (Å²) in [6.45, 7) is 5.40. The number of thiazole rings is 1. The van der Waals surface area contributed by atoms with Gasteiger partial charge in [-0.05, 0) is 44.5 Å². The highest BCUT2D eigenvalue weighted by Crippen LogP contribution is 2.21. The lowest BCUT2D eigenvalue weighted by molar-refractivity contribution is 0.0696. The molecule has 0 atom stereocenters. The van der Waals surface area contributed by atoms with Crippen molar-refractivity contribution >= 4 is 28.9 Å². The number of amides is 1. The number of carbonyl (C=O) groups excluding carboxylic acids is 1. The number of benzene rings is 1. The van der Waals surface area contributed by atoms with Crippen molar-refractivity contribution in [1.82, 2.24) is 4.98 Å². The fourth-order valence-electron chi connectivity index (χ4n) is 1.86. The van der Waals surface area contributed by atoms with Crippen molar-refractivity contribution in [2.24, 2.45) is 0 Å². The van der Waals surface area contributed by atoms with Crippen LogP contribution in [0.5, 0.6) is 0 Å². The molecule has 20 heavy (non-hydrogen) atoms. The molecule has 2 N–H and O–H groups in total. The molecule has 0 aliphatic carbocycles. The van der Waals surface area contributed by atoms with Gasteiger partial charge < -0.3 is 10.4 Å². The fourth-order valence-corrected chi connectivity index (χ4v) is 2.67. The number of hydrogen-bond acceptors (Lipinski definition) is 4. The number of rotatable bonds is 3. The van der Waals surface area contributed by atoms with Crippen molar-refractivity contribution in [3.05, 3.63) is 44.9 Å². The van der Waals surface area contributed by atoms with Gasteiger partial charge in [0.15, 0.2) is 0 Å². The van der Waals surface area contributed by atoms with Crippen molar-refractivity contribution in [3.63, 3.8) is 0 Å². The molecule has 0 radical (unpaired) electrons. The summed E-state index contributed by atoms with van der Waals surface area (Å²) in [4.78, 5) is 27.8. The van der Waals surface area contributed by atoms with Gasteiger partial charge in [0.2, 0.25) is 0 Å². The lowest BCUT2D eigenvalue weighted by Crippen LogP contribution is -2.13. The van der Waals surface area contributed by atoms with Crippen molar-refractivity contribution in [1.29, 1.82) is 0 Å². The SMILES string of the molecule is Cc1nc(C)c(C(=O)Nc2ccc(C(=O)O)cc2C)s1. The monoisotopic (exact) mass is 290 g/mol. The van der Waals surface area contributed by atoms with Crippen molar-refractivity contribution in [2.75, 3.05) is 5.32 Å². The Morgan fingerprint density at radius 2 is 1.95 bits per heavy atom. The molecule has 0 fully saturated rings. The first-order chi connectivity index (χ1) is 9.38. The zero-order valence-electron chi connectivity index (χ0n) is 11.4. The summed E-state index contributed by atoms with van der Waals surface area (Å²) in [6, 6.07) is 4.60. The Morgan fingerprint density at radius 1 is 1.25 bits per heavy atom. The summed E-state index contributed by atoms with van der Waals surface area (Å²) in [6.07, 6.45) is 0. The molecular formula is C14H14N2O3S. The smallest absolute Gasteiger partial charge is 0.335 e. The Labute approximate surface area is 120 Å². The molecule has 0 saturated carbocycles. The van der Waals surface area contributed by atoms with Gasteiger partial charge in [-0.2, -0.15) is 0 Å². The Bertz CT molecular complexity index is 692. The molecule has 0 saturated heterocycles. The van der Waals surface area contributed by atoms with Gasteiger partial charge in [-0.1, -0.05) is 0 Å². The highest BCUT2D eigenvalue weighted by molar-refractivity contribution is 7.13. The molecule has 0 aliphatic rings. The van der Waals surface area contributed by atoms with Crippen LogP contribution in [0.4, 0.5) is 5.69 Å². The van der Waals surface area contributed by atoms with Crippen LogP contribution in [-0.2, 0) is 0 Å². The summed E-state index contributed by atoms with van der Waals surface area (Å²) < 4.78 is 0. The van der Waals surface area contributed by atoms with Crippen LogP contribution in [0.2, 0.25) is 0 Å². The molecule has 0 aliphatic heterocycles. The molecule has 5 nitrogen and oxygen atoms in total. The average Bonchev–Trinajstić information content (AvgIpc) is 2.70. The van der Waals surface area contributed by atoms with E-state index < -0.39 is 5.97 Å². The number of nitrogens with zero attached hydrogens (tertiary/aromatic N) is 1. The number of hydrogen-bond donors (Lipinski definition) is 2. The maximum atomic E-state index is 12.2. The molecule has 0 bridgehead atoms. The summed E-state index contributed by atoms with van der Waals surface area (Å²) in [5, 5.41) is 12.5. The summed E-state index contributed by atoms with van der Waals surface area (Å²) in [7, 11) is 0. The van der Waals surface area contributed by atoms with Crippen LogP contribution in [0.3, 0.4) is 0 Å². The Morgan fingerprint density at radius 3 is 2.45 bits per heavy atom. The van der Waals surface area contributed by atoms with Crippen LogP contribution in [0, 0.1) is 20.8 Å². The Balaban J connectivity index is 2.24. The Hall–Kier alpha value is -2.21. The van der Waals surface area contributed by atoms with E-state index in [9.17, 15) is 9.59 Å². The minimum atomic E-state index is -0.986. The number of aromatic carboxylic acids is 1. The fraction of sp³-hybridized carbons (Fsp3) is 0.214. The third-order valence-corrected chi connectivity index (χ3v) is 3.90. The number of aryl methyl sites for hydroxylation is 3. The molecule has 1 amide bonds. The van der Waals surface area contributed by atoms with E-state index in [1.165, 1.54) is 23.5 Å². The zero-order chi connectivity index (χ0) is 14.9. The third kappa shape index (κ3) is 2.85. The van der Waals surface area contributed by atoms with Gasteiger partial charge in [0.1, 0.15) is 4.88 Å². The molecule has 0 unspecified atom stereocenters. The van der Waals surface area contributed by atoms with Crippen LogP contribution >= 0.6 is 11.3 Å². The van der Waals surface area contributed by atoms with Gasteiger partial charge in [-0.15, -0.1) is 11.3 Å². The summed E-state index contributed by atoms with van der Waals surface area (Å²) in [5.74, 6) is -1.21. The molecule has 104 valence electrons. The number of nitrogens with one attached hydrogen (secondary N) is 1. The van der Waals surface area contributed by atoms with Crippen LogP contribution in [0.15, 0.2) is 18.2 Å². The molecule has 2 rings (SSSR count). The van der Waals surface area contributed by atoms with E-state index in [4.69, 9.17) is 5.11 Å². The van der Waals surface area contributed by atoms with Crippen molar-refractivity contribution < 1.29 is 14.7 Å². The minimum absolute atomic E-state index is 0.199.